The predicted molar refractivity (Wildman–Crippen MR) is 43.2 cm³/mol. The second-order valence-corrected chi connectivity index (χ2v) is 4.27. The van der Waals surface area contributed by atoms with Crippen LogP contribution in [0.1, 0.15) is 33.6 Å². The third-order valence-electron chi connectivity index (χ3n) is 1.51. The lowest BCUT2D eigenvalue weighted by Gasteiger charge is -2.27. The number of rotatable bonds is 1. The zero-order valence-electron chi connectivity index (χ0n) is 7.29. The Bertz CT molecular complexity index is 161. The molecule has 0 bridgehead atoms. The molecule has 0 aromatic carbocycles. The summed E-state index contributed by atoms with van der Waals surface area (Å²) in [5.74, 6) is -1.04. The summed E-state index contributed by atoms with van der Waals surface area (Å²) < 4.78 is 0. The van der Waals surface area contributed by atoms with Gasteiger partial charge in [0.2, 0.25) is 5.79 Å². The van der Waals surface area contributed by atoms with Gasteiger partial charge in [-0.25, -0.2) is 0 Å². The normalized spacial score (nSPS) is 30.5. The van der Waals surface area contributed by atoms with Crippen molar-refractivity contribution in [1.82, 2.24) is 0 Å². The average molecular weight is 157 g/mol. The van der Waals surface area contributed by atoms with Crippen LogP contribution in [0.2, 0.25) is 0 Å². The summed E-state index contributed by atoms with van der Waals surface area (Å²) in [4.78, 5) is 4.84. The first-order valence-electron chi connectivity index (χ1n) is 3.84. The maximum Gasteiger partial charge on any atom is 0.240 e. The Morgan fingerprint density at radius 2 is 2.27 bits per heavy atom. The maximum atomic E-state index is 9.68. The van der Waals surface area contributed by atoms with Gasteiger partial charge in [-0.1, -0.05) is 25.9 Å². The first kappa shape index (κ1) is 8.53. The van der Waals surface area contributed by atoms with E-state index in [1.165, 1.54) is 0 Å². The van der Waals surface area contributed by atoms with Crippen molar-refractivity contribution in [2.24, 2.45) is 10.6 Å². The molecule has 3 heteroatoms. The Kier molecular flexibility index (Phi) is 1.92. The molecule has 0 fully saturated rings. The monoisotopic (exact) mass is 157 g/mol. The minimum Gasteiger partial charge on any atom is -0.360 e. The SMILES string of the molecule is CC(C)(C)CC1(O)CC=NO1. The van der Waals surface area contributed by atoms with E-state index in [1.54, 1.807) is 6.21 Å². The number of nitrogens with zero attached hydrogens (tertiary/aromatic N) is 1. The van der Waals surface area contributed by atoms with E-state index in [1.807, 2.05) is 0 Å². The summed E-state index contributed by atoms with van der Waals surface area (Å²) in [7, 11) is 0. The van der Waals surface area contributed by atoms with Crippen molar-refractivity contribution in [3.05, 3.63) is 0 Å². The quantitative estimate of drug-likeness (QED) is 0.627. The highest BCUT2D eigenvalue weighted by Gasteiger charge is 2.36. The number of oxime groups is 1. The van der Waals surface area contributed by atoms with Crippen molar-refractivity contribution < 1.29 is 9.94 Å². The molecule has 1 unspecified atom stereocenters. The van der Waals surface area contributed by atoms with Crippen molar-refractivity contribution in [2.75, 3.05) is 0 Å². The second kappa shape index (κ2) is 2.48. The molecule has 0 spiro atoms. The zero-order valence-corrected chi connectivity index (χ0v) is 7.29. The molecule has 0 saturated carbocycles. The highest BCUT2D eigenvalue weighted by Crippen LogP contribution is 2.32. The number of aliphatic hydroxyl groups is 1. The van der Waals surface area contributed by atoms with E-state index in [0.29, 0.717) is 12.8 Å². The Balaban J connectivity index is 2.48. The van der Waals surface area contributed by atoms with Gasteiger partial charge in [-0.2, -0.15) is 0 Å². The van der Waals surface area contributed by atoms with E-state index in [4.69, 9.17) is 4.84 Å². The van der Waals surface area contributed by atoms with Gasteiger partial charge in [0.05, 0.1) is 12.6 Å². The van der Waals surface area contributed by atoms with Crippen LogP contribution in [0.15, 0.2) is 5.16 Å². The summed E-state index contributed by atoms with van der Waals surface area (Å²) in [5.41, 5.74) is 0.0719. The van der Waals surface area contributed by atoms with E-state index in [-0.39, 0.29) is 5.41 Å². The highest BCUT2D eigenvalue weighted by atomic mass is 16.7. The van der Waals surface area contributed by atoms with Crippen molar-refractivity contribution >= 4 is 6.21 Å². The van der Waals surface area contributed by atoms with Gasteiger partial charge in [-0.05, 0) is 5.41 Å². The average Bonchev–Trinajstić information content (AvgIpc) is 2.09. The number of hydrogen-bond donors (Lipinski definition) is 1. The molecule has 1 aliphatic rings. The minimum absolute atomic E-state index is 0.0719. The third kappa shape index (κ3) is 2.50. The van der Waals surface area contributed by atoms with E-state index < -0.39 is 5.79 Å². The van der Waals surface area contributed by atoms with Crippen molar-refractivity contribution in [3.8, 4) is 0 Å². The van der Waals surface area contributed by atoms with Crippen molar-refractivity contribution in [2.45, 2.75) is 39.4 Å². The van der Waals surface area contributed by atoms with Gasteiger partial charge in [0.1, 0.15) is 0 Å². The van der Waals surface area contributed by atoms with Gasteiger partial charge in [0, 0.05) is 6.42 Å². The van der Waals surface area contributed by atoms with Crippen LogP contribution in [-0.4, -0.2) is 17.1 Å². The van der Waals surface area contributed by atoms with Crippen LogP contribution in [0.25, 0.3) is 0 Å². The van der Waals surface area contributed by atoms with E-state index in [0.717, 1.165) is 0 Å². The molecule has 1 aliphatic heterocycles. The predicted octanol–water partition coefficient (Wildman–Crippen LogP) is 1.52. The lowest BCUT2D eigenvalue weighted by atomic mass is 9.86. The summed E-state index contributed by atoms with van der Waals surface area (Å²) in [6, 6.07) is 0. The van der Waals surface area contributed by atoms with Crippen molar-refractivity contribution in [3.63, 3.8) is 0 Å². The fraction of sp³-hybridized carbons (Fsp3) is 0.875. The summed E-state index contributed by atoms with van der Waals surface area (Å²) in [6.45, 7) is 6.19. The first-order chi connectivity index (χ1) is 4.91. The zero-order chi connectivity index (χ0) is 8.54. The lowest BCUT2D eigenvalue weighted by molar-refractivity contribution is -0.201. The standard InChI is InChI=1S/C8H15NO2/c1-7(2,3)6-8(10)4-5-9-11-8/h5,10H,4,6H2,1-3H3. The first-order valence-corrected chi connectivity index (χ1v) is 3.84. The van der Waals surface area contributed by atoms with Crippen LogP contribution >= 0.6 is 0 Å². The molecule has 3 nitrogen and oxygen atoms in total. The van der Waals surface area contributed by atoms with E-state index >= 15 is 0 Å². The van der Waals surface area contributed by atoms with Gasteiger partial charge < -0.3 is 9.94 Å². The van der Waals surface area contributed by atoms with Crippen LogP contribution in [-0.2, 0) is 4.84 Å². The summed E-state index contributed by atoms with van der Waals surface area (Å²) in [5, 5.41) is 13.2. The molecular formula is C8H15NO2. The van der Waals surface area contributed by atoms with Crippen molar-refractivity contribution in [1.29, 1.82) is 0 Å². The van der Waals surface area contributed by atoms with Crippen LogP contribution in [0, 0.1) is 5.41 Å². The molecule has 1 rings (SSSR count). The van der Waals surface area contributed by atoms with Gasteiger partial charge in [-0.15, -0.1) is 0 Å². The molecule has 1 heterocycles. The molecule has 1 N–H and O–H groups in total. The van der Waals surface area contributed by atoms with Crippen LogP contribution < -0.4 is 0 Å². The Hall–Kier alpha value is -0.570. The maximum absolute atomic E-state index is 9.68. The molecule has 0 amide bonds. The topological polar surface area (TPSA) is 41.8 Å². The molecule has 1 atom stereocenters. The Labute approximate surface area is 67.0 Å². The highest BCUT2D eigenvalue weighted by molar-refractivity contribution is 5.59. The molecule has 0 aromatic heterocycles. The van der Waals surface area contributed by atoms with Gasteiger partial charge in [0.15, 0.2) is 0 Å². The fourth-order valence-corrected chi connectivity index (χ4v) is 1.29. The summed E-state index contributed by atoms with van der Waals surface area (Å²) >= 11 is 0. The van der Waals surface area contributed by atoms with Crippen LogP contribution in [0.3, 0.4) is 0 Å². The van der Waals surface area contributed by atoms with Crippen LogP contribution in [0.5, 0.6) is 0 Å². The van der Waals surface area contributed by atoms with Crippen LogP contribution in [0.4, 0.5) is 0 Å². The molecular weight excluding hydrogens is 142 g/mol. The van der Waals surface area contributed by atoms with Gasteiger partial charge in [-0.3, -0.25) is 0 Å². The second-order valence-electron chi connectivity index (χ2n) is 4.27. The smallest absolute Gasteiger partial charge is 0.240 e. The lowest BCUT2D eigenvalue weighted by Crippen LogP contribution is -2.32. The van der Waals surface area contributed by atoms with Gasteiger partial charge >= 0.3 is 0 Å². The van der Waals surface area contributed by atoms with E-state index in [9.17, 15) is 5.11 Å². The molecule has 64 valence electrons. The Morgan fingerprint density at radius 1 is 1.64 bits per heavy atom. The number of hydrogen-bond acceptors (Lipinski definition) is 3. The fourth-order valence-electron chi connectivity index (χ4n) is 1.29. The van der Waals surface area contributed by atoms with E-state index in [2.05, 4.69) is 25.9 Å². The Morgan fingerprint density at radius 3 is 2.64 bits per heavy atom. The molecule has 0 radical (unpaired) electrons. The molecule has 0 aliphatic carbocycles. The third-order valence-corrected chi connectivity index (χ3v) is 1.51. The largest absolute Gasteiger partial charge is 0.360 e. The molecule has 0 saturated heterocycles. The molecule has 11 heavy (non-hydrogen) atoms. The molecule has 0 aromatic rings. The van der Waals surface area contributed by atoms with Gasteiger partial charge in [0.25, 0.3) is 0 Å². The summed E-state index contributed by atoms with van der Waals surface area (Å²) in [6.07, 6.45) is 2.72. The minimum atomic E-state index is -1.04.